The highest BCUT2D eigenvalue weighted by Crippen LogP contribution is 2.13. The van der Waals surface area contributed by atoms with Crippen molar-refractivity contribution in [2.45, 2.75) is 24.4 Å². The van der Waals surface area contributed by atoms with Gasteiger partial charge >= 0.3 is 0 Å². The average molecular weight is 383 g/mol. The van der Waals surface area contributed by atoms with Gasteiger partial charge in [-0.2, -0.15) is 0 Å². The van der Waals surface area contributed by atoms with Gasteiger partial charge in [0.15, 0.2) is 6.04 Å². The summed E-state index contributed by atoms with van der Waals surface area (Å²) in [5, 5.41) is 8.49. The quantitative estimate of drug-likeness (QED) is 0.696. The van der Waals surface area contributed by atoms with Crippen LogP contribution < -0.4 is 15.4 Å². The van der Waals surface area contributed by atoms with E-state index in [-0.39, 0.29) is 16.8 Å². The minimum absolute atomic E-state index is 0.00208. The van der Waals surface area contributed by atoms with E-state index in [1.807, 2.05) is 38.2 Å². The van der Waals surface area contributed by atoms with Gasteiger partial charge in [-0.15, -0.1) is 0 Å². The number of hydrogen-bond acceptors (Lipinski definition) is 3. The molecule has 4 N–H and O–H groups in total. The molecule has 2 rings (SSSR count). The van der Waals surface area contributed by atoms with Gasteiger partial charge in [-0.1, -0.05) is 23.7 Å². The van der Waals surface area contributed by atoms with Crippen molar-refractivity contribution in [2.24, 2.45) is 5.14 Å². The first kappa shape index (κ1) is 19.4. The number of carbonyl (C=O) groups excluding carboxylic acids is 1. The number of hydrogen-bond donors (Lipinski definition) is 3. The number of sulfonamides is 1. The van der Waals surface area contributed by atoms with Crippen LogP contribution in [-0.4, -0.2) is 27.4 Å². The minimum atomic E-state index is -3.74. The predicted molar refractivity (Wildman–Crippen MR) is 97.9 cm³/mol. The molecule has 134 valence electrons. The molecule has 6 nitrogen and oxygen atoms in total. The third-order valence-corrected chi connectivity index (χ3v) is 5.12. The van der Waals surface area contributed by atoms with Crippen molar-refractivity contribution in [3.05, 3.63) is 59.1 Å². The van der Waals surface area contributed by atoms with Crippen molar-refractivity contribution in [3.8, 4) is 0 Å². The van der Waals surface area contributed by atoms with Crippen LogP contribution in [0.3, 0.4) is 0 Å². The summed E-state index contributed by atoms with van der Waals surface area (Å²) >= 11 is 5.98. The van der Waals surface area contributed by atoms with Crippen LogP contribution in [-0.2, 0) is 21.4 Å². The zero-order chi connectivity index (χ0) is 18.6. The third-order valence-electron chi connectivity index (χ3n) is 3.95. The topological polar surface area (TPSA) is 93.7 Å². The summed E-state index contributed by atoms with van der Waals surface area (Å²) in [6.07, 6.45) is 0. The lowest BCUT2D eigenvalue weighted by atomic mass is 10.2. The maximum absolute atomic E-state index is 12.4. The highest BCUT2D eigenvalue weighted by molar-refractivity contribution is 7.89. The lowest BCUT2D eigenvalue weighted by molar-refractivity contribution is -0.907. The van der Waals surface area contributed by atoms with Gasteiger partial charge in [-0.25, -0.2) is 13.6 Å². The SMILES string of the molecule is C[C@@H](C(=O)Nc1ccc(S(N)(=O)=O)cc1)[NH+](C)Cc1cccc(Cl)c1. The maximum atomic E-state index is 12.4. The molecule has 0 saturated carbocycles. The lowest BCUT2D eigenvalue weighted by Gasteiger charge is -2.21. The van der Waals surface area contributed by atoms with Crippen LogP contribution in [0.2, 0.25) is 5.02 Å². The number of amides is 1. The highest BCUT2D eigenvalue weighted by Gasteiger charge is 2.22. The molecule has 2 aromatic rings. The normalized spacial score (nSPS) is 13.9. The first-order valence-corrected chi connectivity index (χ1v) is 9.60. The number of halogens is 1. The highest BCUT2D eigenvalue weighted by atomic mass is 35.5. The number of quaternary nitrogens is 1. The fraction of sp³-hybridized carbons (Fsp3) is 0.235. The van der Waals surface area contributed by atoms with E-state index < -0.39 is 10.0 Å². The summed E-state index contributed by atoms with van der Waals surface area (Å²) in [5.41, 5.74) is 1.56. The number of likely N-dealkylation sites (N-methyl/N-ethyl adjacent to an activating group) is 1. The van der Waals surface area contributed by atoms with Crippen LogP contribution in [0.15, 0.2) is 53.4 Å². The van der Waals surface area contributed by atoms with E-state index in [0.717, 1.165) is 10.5 Å². The Hall–Kier alpha value is -1.93. The first-order chi connectivity index (χ1) is 11.7. The molecule has 0 aliphatic carbocycles. The van der Waals surface area contributed by atoms with Crippen molar-refractivity contribution >= 4 is 33.2 Å². The molecular formula is C17H21ClN3O3S+. The zero-order valence-corrected chi connectivity index (χ0v) is 15.6. The van der Waals surface area contributed by atoms with Crippen LogP contribution in [0.5, 0.6) is 0 Å². The number of benzene rings is 2. The number of anilines is 1. The summed E-state index contributed by atoms with van der Waals surface area (Å²) in [6.45, 7) is 2.48. The molecular weight excluding hydrogens is 362 g/mol. The molecule has 1 amide bonds. The van der Waals surface area contributed by atoms with E-state index >= 15 is 0 Å². The maximum Gasteiger partial charge on any atom is 0.282 e. The van der Waals surface area contributed by atoms with E-state index in [1.165, 1.54) is 24.3 Å². The van der Waals surface area contributed by atoms with Gasteiger partial charge in [0, 0.05) is 16.3 Å². The standard InChI is InChI=1S/C17H20ClN3O3S/c1-12(21(2)11-13-4-3-5-14(18)10-13)17(22)20-15-6-8-16(9-7-15)25(19,23)24/h3-10,12H,11H2,1-2H3,(H,20,22)(H2,19,23,24)/p+1/t12-/m0/s1. The van der Waals surface area contributed by atoms with E-state index in [9.17, 15) is 13.2 Å². The molecule has 1 unspecified atom stereocenters. The molecule has 0 fully saturated rings. The second kappa shape index (κ2) is 7.97. The van der Waals surface area contributed by atoms with Crippen LogP contribution >= 0.6 is 11.6 Å². The van der Waals surface area contributed by atoms with E-state index in [4.69, 9.17) is 16.7 Å². The largest absolute Gasteiger partial charge is 0.324 e. The van der Waals surface area contributed by atoms with Crippen LogP contribution in [0.4, 0.5) is 5.69 Å². The molecule has 0 radical (unpaired) electrons. The molecule has 0 saturated heterocycles. The van der Waals surface area contributed by atoms with Gasteiger partial charge < -0.3 is 10.2 Å². The van der Waals surface area contributed by atoms with Crippen molar-refractivity contribution in [1.29, 1.82) is 0 Å². The monoisotopic (exact) mass is 382 g/mol. The van der Waals surface area contributed by atoms with Gasteiger partial charge in [-0.05, 0) is 43.3 Å². The fourth-order valence-corrected chi connectivity index (χ4v) is 3.05. The summed E-state index contributed by atoms with van der Waals surface area (Å²) < 4.78 is 22.5. The van der Waals surface area contributed by atoms with E-state index in [2.05, 4.69) is 5.32 Å². The van der Waals surface area contributed by atoms with Crippen molar-refractivity contribution < 1.29 is 18.1 Å². The molecule has 0 spiro atoms. The second-order valence-corrected chi connectivity index (χ2v) is 7.93. The Morgan fingerprint density at radius 3 is 2.44 bits per heavy atom. The third kappa shape index (κ3) is 5.54. The average Bonchev–Trinajstić information content (AvgIpc) is 2.53. The molecule has 8 heteroatoms. The molecule has 0 aliphatic heterocycles. The summed E-state index contributed by atoms with van der Waals surface area (Å²) in [4.78, 5) is 13.4. The molecule has 2 aromatic carbocycles. The number of rotatable bonds is 6. The van der Waals surface area contributed by atoms with Gasteiger partial charge in [0.25, 0.3) is 5.91 Å². The summed E-state index contributed by atoms with van der Waals surface area (Å²) in [6, 6.07) is 13.0. The molecule has 0 aliphatic rings. The Kier molecular flexibility index (Phi) is 6.18. The Balaban J connectivity index is 1.99. The van der Waals surface area contributed by atoms with Gasteiger partial charge in [0.2, 0.25) is 10.0 Å². The van der Waals surface area contributed by atoms with E-state index in [1.54, 1.807) is 0 Å². The predicted octanol–water partition coefficient (Wildman–Crippen LogP) is 1.03. The Bertz CT molecular complexity index is 854. The summed E-state index contributed by atoms with van der Waals surface area (Å²) in [5.74, 6) is -0.164. The Morgan fingerprint density at radius 2 is 1.88 bits per heavy atom. The zero-order valence-electron chi connectivity index (χ0n) is 14.0. The molecule has 25 heavy (non-hydrogen) atoms. The number of nitrogens with one attached hydrogen (secondary N) is 2. The van der Waals surface area contributed by atoms with E-state index in [0.29, 0.717) is 17.3 Å². The Morgan fingerprint density at radius 1 is 1.24 bits per heavy atom. The lowest BCUT2D eigenvalue weighted by Crippen LogP contribution is -3.12. The van der Waals surface area contributed by atoms with Crippen molar-refractivity contribution in [3.63, 3.8) is 0 Å². The molecule has 0 heterocycles. The van der Waals surface area contributed by atoms with Crippen LogP contribution in [0, 0.1) is 0 Å². The number of nitrogens with two attached hydrogens (primary N) is 1. The second-order valence-electron chi connectivity index (χ2n) is 5.93. The minimum Gasteiger partial charge on any atom is -0.324 e. The Labute approximate surface area is 152 Å². The van der Waals surface area contributed by atoms with Crippen LogP contribution in [0.25, 0.3) is 0 Å². The fourth-order valence-electron chi connectivity index (χ4n) is 2.32. The number of primary sulfonamides is 1. The van der Waals surface area contributed by atoms with Gasteiger partial charge in [0.1, 0.15) is 6.54 Å². The summed E-state index contributed by atoms with van der Waals surface area (Å²) in [7, 11) is -1.82. The molecule has 0 aromatic heterocycles. The molecule has 2 atom stereocenters. The van der Waals surface area contributed by atoms with Gasteiger partial charge in [-0.3, -0.25) is 4.79 Å². The van der Waals surface area contributed by atoms with Crippen molar-refractivity contribution in [2.75, 3.05) is 12.4 Å². The smallest absolute Gasteiger partial charge is 0.282 e. The van der Waals surface area contributed by atoms with Crippen LogP contribution in [0.1, 0.15) is 12.5 Å². The van der Waals surface area contributed by atoms with Gasteiger partial charge in [0.05, 0.1) is 11.9 Å². The first-order valence-electron chi connectivity index (χ1n) is 7.67. The van der Waals surface area contributed by atoms with Crippen molar-refractivity contribution in [1.82, 2.24) is 0 Å². The number of carbonyl (C=O) groups is 1. The molecule has 0 bridgehead atoms.